The predicted octanol–water partition coefficient (Wildman–Crippen LogP) is 29.9. The molecule has 4 heterocycles. The second kappa shape index (κ2) is 28.7. The van der Waals surface area contributed by atoms with Crippen LogP contribution in [0, 0.1) is 13.8 Å². The molecule has 8 nitrogen and oxygen atoms in total. The van der Waals surface area contributed by atoms with Gasteiger partial charge in [-0.3, -0.25) is 0 Å². The van der Waals surface area contributed by atoms with Crippen molar-refractivity contribution >= 4 is 176 Å². The van der Waals surface area contributed by atoms with E-state index in [2.05, 4.69) is 320 Å². The number of benzene rings is 18. The van der Waals surface area contributed by atoms with Crippen LogP contribution in [-0.2, 0) is 0 Å². The topological polar surface area (TPSA) is 101 Å². The molecule has 0 fully saturated rings. The molecule has 22 rings (SSSR count). The van der Waals surface area contributed by atoms with Crippen LogP contribution < -0.4 is 21.3 Å². The summed E-state index contributed by atoms with van der Waals surface area (Å²) in [6, 6.07) is 130. The van der Waals surface area contributed by atoms with Crippen LogP contribution in [0.3, 0.4) is 0 Å². The standard InChI is InChI=1S/2C28H19NO.2C23H17NO/c1-3-9-19(10-4-1)27-23-14-8-7-11-20(23)17-25-24-18-22(15-16-26(24)30-28(25)27)29-21-12-5-2-6-13-21;1-3-9-19(10-4-1)24-17-22(29-21-12-5-2-6-13-21)18-25-27-23-14-8-7-11-20(23)15-16-26(27)30-28(24)25;1-15-19-10-6-5-7-16(19)13-21-20-14-18(11-12-22(20)25-23(15)21)24-17-8-3-2-4-9-17;1-15-13-18(24-17-8-3-2-4-9-17)14-20-22-19-10-6-5-7-16(19)11-12-21(22)25-23(15)20/h2*1-18,29H;2*2-14,24H,1H3. The summed E-state index contributed by atoms with van der Waals surface area (Å²) in [6.07, 6.45) is 0. The first-order valence-corrected chi connectivity index (χ1v) is 37.2. The lowest BCUT2D eigenvalue weighted by atomic mass is 9.95. The molecule has 0 aliphatic carbocycles. The minimum Gasteiger partial charge on any atom is -0.456 e. The number of nitrogens with one attached hydrogen (secondary N) is 4. The monoisotopic (exact) mass is 1420 g/mol. The maximum atomic E-state index is 6.42. The summed E-state index contributed by atoms with van der Waals surface area (Å²) in [5, 5.41) is 33.0. The van der Waals surface area contributed by atoms with Gasteiger partial charge in [-0.2, -0.15) is 0 Å². The molecule has 0 unspecified atom stereocenters. The van der Waals surface area contributed by atoms with E-state index < -0.39 is 0 Å². The quantitative estimate of drug-likeness (QED) is 0.107. The fraction of sp³-hybridized carbons (Fsp3) is 0.0196. The van der Waals surface area contributed by atoms with Gasteiger partial charge in [-0.25, -0.2) is 0 Å². The van der Waals surface area contributed by atoms with Gasteiger partial charge < -0.3 is 38.9 Å². The summed E-state index contributed by atoms with van der Waals surface area (Å²) in [4.78, 5) is 0. The van der Waals surface area contributed by atoms with Gasteiger partial charge in [0.15, 0.2) is 0 Å². The van der Waals surface area contributed by atoms with Crippen molar-refractivity contribution in [2.75, 3.05) is 21.3 Å². The number of aryl methyl sites for hydroxylation is 2. The van der Waals surface area contributed by atoms with Crippen LogP contribution in [0.25, 0.3) is 153 Å². The Hall–Kier alpha value is -14.6. The zero-order valence-corrected chi connectivity index (χ0v) is 60.4. The molecule has 0 atom stereocenters. The maximum absolute atomic E-state index is 6.42. The molecule has 524 valence electrons. The summed E-state index contributed by atoms with van der Waals surface area (Å²) < 4.78 is 25.2. The number of rotatable bonds is 10. The SMILES string of the molecule is Cc1c2ccccc2cc2c1oc1ccc(Nc3ccccc3)cc12.Cc1cc(Nc2ccccc2)cc2c1oc1ccc3ccccc3c12.c1ccc(Nc2cc(-c3ccccc3)c3oc4ccc5ccccc5c4c3c2)cc1.c1ccc(Nc2ccc3oc4c(-c5ccccc5)c5ccccc5cc4c3c2)cc1. The van der Waals surface area contributed by atoms with Crippen LogP contribution in [-0.4, -0.2) is 0 Å². The summed E-state index contributed by atoms with van der Waals surface area (Å²) in [6.45, 7) is 4.24. The number of hydrogen-bond donors (Lipinski definition) is 4. The Kier molecular flexibility index (Phi) is 17.2. The van der Waals surface area contributed by atoms with E-state index in [9.17, 15) is 0 Å². The molecule has 0 aliphatic rings. The molecule has 0 aliphatic heterocycles. The molecule has 18 aromatic carbocycles. The Morgan fingerprint density at radius 3 is 1.06 bits per heavy atom. The maximum Gasteiger partial charge on any atom is 0.143 e. The van der Waals surface area contributed by atoms with Crippen molar-refractivity contribution in [3.63, 3.8) is 0 Å². The molecule has 0 amide bonds. The van der Waals surface area contributed by atoms with Crippen molar-refractivity contribution in [3.8, 4) is 22.3 Å². The van der Waals surface area contributed by atoms with Crippen LogP contribution in [0.5, 0.6) is 0 Å². The minimum absolute atomic E-state index is 0.899. The molecule has 22 aromatic rings. The van der Waals surface area contributed by atoms with E-state index in [0.29, 0.717) is 0 Å². The summed E-state index contributed by atoms with van der Waals surface area (Å²) in [5.41, 5.74) is 22.9. The Balaban J connectivity index is 0.0000000997. The van der Waals surface area contributed by atoms with Gasteiger partial charge in [-0.1, -0.05) is 243 Å². The second-order valence-electron chi connectivity index (χ2n) is 27.9. The number of furan rings is 4. The van der Waals surface area contributed by atoms with Gasteiger partial charge in [0.05, 0.1) is 0 Å². The largest absolute Gasteiger partial charge is 0.456 e. The first kappa shape index (κ1) is 66.1. The lowest BCUT2D eigenvalue weighted by Crippen LogP contribution is -1.91. The number of hydrogen-bond acceptors (Lipinski definition) is 8. The summed E-state index contributed by atoms with van der Waals surface area (Å²) in [5.74, 6) is 0. The van der Waals surface area contributed by atoms with E-state index in [1.807, 2.05) is 91.0 Å². The third-order valence-corrected chi connectivity index (χ3v) is 20.7. The molecule has 4 N–H and O–H groups in total. The molecule has 0 bridgehead atoms. The second-order valence-corrected chi connectivity index (χ2v) is 27.9. The van der Waals surface area contributed by atoms with Crippen LogP contribution in [0.15, 0.2) is 394 Å². The highest BCUT2D eigenvalue weighted by Gasteiger charge is 2.21. The highest BCUT2D eigenvalue weighted by atomic mass is 16.3. The predicted molar refractivity (Wildman–Crippen MR) is 464 cm³/mol. The van der Waals surface area contributed by atoms with Crippen LogP contribution >= 0.6 is 0 Å². The van der Waals surface area contributed by atoms with Gasteiger partial charge >= 0.3 is 0 Å². The Bertz CT molecular complexity index is 7150. The smallest absolute Gasteiger partial charge is 0.143 e. The Morgan fingerprint density at radius 2 is 0.555 bits per heavy atom. The van der Waals surface area contributed by atoms with Crippen molar-refractivity contribution in [1.82, 2.24) is 0 Å². The molecular weight excluding hydrogens is 1350 g/mol. The van der Waals surface area contributed by atoms with E-state index in [-0.39, 0.29) is 0 Å². The van der Waals surface area contributed by atoms with Crippen LogP contribution in [0.2, 0.25) is 0 Å². The van der Waals surface area contributed by atoms with E-state index in [1.165, 1.54) is 65.0 Å². The average molecular weight is 1420 g/mol. The van der Waals surface area contributed by atoms with Crippen molar-refractivity contribution in [3.05, 3.63) is 387 Å². The molecule has 0 saturated heterocycles. The Morgan fingerprint density at radius 1 is 0.200 bits per heavy atom. The molecule has 0 saturated carbocycles. The molecule has 4 aromatic heterocycles. The molecule has 110 heavy (non-hydrogen) atoms. The lowest BCUT2D eigenvalue weighted by Gasteiger charge is -2.10. The van der Waals surface area contributed by atoms with E-state index in [1.54, 1.807) is 0 Å². The summed E-state index contributed by atoms with van der Waals surface area (Å²) in [7, 11) is 0. The van der Waals surface area contributed by atoms with Crippen molar-refractivity contribution < 1.29 is 17.7 Å². The number of anilines is 8. The number of para-hydroxylation sites is 4. The zero-order chi connectivity index (χ0) is 73.4. The molecular formula is C102H72N4O4. The fourth-order valence-corrected chi connectivity index (χ4v) is 15.6. The molecule has 0 spiro atoms. The highest BCUT2D eigenvalue weighted by Crippen LogP contribution is 2.46. The van der Waals surface area contributed by atoms with Gasteiger partial charge in [-0.05, 0) is 207 Å². The van der Waals surface area contributed by atoms with Crippen LogP contribution in [0.1, 0.15) is 11.1 Å². The third-order valence-electron chi connectivity index (χ3n) is 20.7. The van der Waals surface area contributed by atoms with Gasteiger partial charge in [0.2, 0.25) is 0 Å². The number of fused-ring (bicyclic) bond motifs is 18. The van der Waals surface area contributed by atoms with Crippen LogP contribution in [0.4, 0.5) is 45.5 Å². The average Bonchev–Trinajstić information content (AvgIpc) is 1.59. The van der Waals surface area contributed by atoms with E-state index in [0.717, 1.165) is 145 Å². The van der Waals surface area contributed by atoms with E-state index >= 15 is 0 Å². The molecule has 8 heteroatoms. The molecule has 0 radical (unpaired) electrons. The van der Waals surface area contributed by atoms with E-state index in [4.69, 9.17) is 17.7 Å². The normalized spacial score (nSPS) is 11.4. The first-order valence-electron chi connectivity index (χ1n) is 37.2. The fourth-order valence-electron chi connectivity index (χ4n) is 15.6. The minimum atomic E-state index is 0.899. The van der Waals surface area contributed by atoms with Gasteiger partial charge in [0.25, 0.3) is 0 Å². The summed E-state index contributed by atoms with van der Waals surface area (Å²) >= 11 is 0. The third kappa shape index (κ3) is 12.8. The van der Waals surface area contributed by atoms with Gasteiger partial charge in [0.1, 0.15) is 44.7 Å². The van der Waals surface area contributed by atoms with Crippen molar-refractivity contribution in [2.24, 2.45) is 0 Å². The highest BCUT2D eigenvalue weighted by molar-refractivity contribution is 6.23. The lowest BCUT2D eigenvalue weighted by molar-refractivity contribution is 0.666. The van der Waals surface area contributed by atoms with Gasteiger partial charge in [-0.15, -0.1) is 0 Å². The first-order chi connectivity index (χ1) is 54.3. The Labute approximate surface area is 634 Å². The van der Waals surface area contributed by atoms with Crippen molar-refractivity contribution in [1.29, 1.82) is 0 Å². The van der Waals surface area contributed by atoms with Gasteiger partial charge in [0, 0.05) is 105 Å². The van der Waals surface area contributed by atoms with Crippen molar-refractivity contribution in [2.45, 2.75) is 13.8 Å². The zero-order valence-electron chi connectivity index (χ0n) is 60.4.